The van der Waals surface area contributed by atoms with Crippen LogP contribution in [0.2, 0.25) is 0 Å². The zero-order valence-corrected chi connectivity index (χ0v) is 11.8. The van der Waals surface area contributed by atoms with Crippen LogP contribution in [0.3, 0.4) is 0 Å². The highest BCUT2D eigenvalue weighted by Crippen LogP contribution is 2.21. The van der Waals surface area contributed by atoms with E-state index >= 15 is 0 Å². The van der Waals surface area contributed by atoms with E-state index in [0.29, 0.717) is 6.42 Å². The van der Waals surface area contributed by atoms with Gasteiger partial charge in [0, 0.05) is 13.0 Å². The van der Waals surface area contributed by atoms with Crippen LogP contribution in [-0.4, -0.2) is 17.5 Å². The van der Waals surface area contributed by atoms with Gasteiger partial charge in [0.2, 0.25) is 0 Å². The molecular formula is C18H20O2. The van der Waals surface area contributed by atoms with Crippen molar-refractivity contribution in [3.8, 4) is 11.1 Å². The molecule has 0 aliphatic rings. The Kier molecular flexibility index (Phi) is 5.08. The second-order valence-electron chi connectivity index (χ2n) is 5.22. The maximum absolute atomic E-state index is 11.1. The summed E-state index contributed by atoms with van der Waals surface area (Å²) in [6.07, 6.45) is 1.18. The van der Waals surface area contributed by atoms with Crippen LogP contribution in [0.5, 0.6) is 0 Å². The van der Waals surface area contributed by atoms with Gasteiger partial charge in [-0.1, -0.05) is 54.6 Å². The maximum Gasteiger partial charge on any atom is 0.130 e. The van der Waals surface area contributed by atoms with Crippen molar-refractivity contribution in [1.29, 1.82) is 0 Å². The summed E-state index contributed by atoms with van der Waals surface area (Å²) in [7, 11) is 0. The van der Waals surface area contributed by atoms with E-state index in [9.17, 15) is 9.90 Å². The lowest BCUT2D eigenvalue weighted by Crippen LogP contribution is -2.13. The van der Waals surface area contributed by atoms with E-state index in [-0.39, 0.29) is 18.3 Å². The fourth-order valence-corrected chi connectivity index (χ4v) is 2.41. The van der Waals surface area contributed by atoms with Gasteiger partial charge in [-0.2, -0.15) is 0 Å². The number of aliphatic hydroxyl groups excluding tert-OH is 1. The molecule has 2 nitrogen and oxygen atoms in total. The van der Waals surface area contributed by atoms with E-state index in [0.717, 1.165) is 12.0 Å². The standard InChI is InChI=1S/C18H20O2/c1-14(20)11-16(13-19)12-15-7-9-18(10-8-15)17-5-3-2-4-6-17/h2-10,16,19H,11-13H2,1H3/t16-/m1/s1. The normalized spacial score (nSPS) is 12.1. The molecular weight excluding hydrogens is 248 g/mol. The molecule has 0 radical (unpaired) electrons. The number of carbonyl (C=O) groups is 1. The molecule has 2 heteroatoms. The topological polar surface area (TPSA) is 37.3 Å². The molecule has 0 unspecified atom stereocenters. The van der Waals surface area contributed by atoms with Gasteiger partial charge in [0.1, 0.15) is 5.78 Å². The predicted octanol–water partition coefficient (Wildman–Crippen LogP) is 3.48. The second-order valence-corrected chi connectivity index (χ2v) is 5.22. The van der Waals surface area contributed by atoms with E-state index in [1.165, 1.54) is 11.1 Å². The van der Waals surface area contributed by atoms with Crippen LogP contribution in [0.4, 0.5) is 0 Å². The lowest BCUT2D eigenvalue weighted by molar-refractivity contribution is -0.118. The predicted molar refractivity (Wildman–Crippen MR) is 81.5 cm³/mol. The maximum atomic E-state index is 11.1. The summed E-state index contributed by atoms with van der Waals surface area (Å²) in [5.74, 6) is 0.153. The number of ketones is 1. The first-order valence-corrected chi connectivity index (χ1v) is 6.93. The summed E-state index contributed by atoms with van der Waals surface area (Å²) in [5, 5.41) is 9.32. The fraction of sp³-hybridized carbons (Fsp3) is 0.278. The molecule has 0 aromatic heterocycles. The molecule has 2 aromatic rings. The number of carbonyl (C=O) groups excluding carboxylic acids is 1. The van der Waals surface area contributed by atoms with Crippen molar-refractivity contribution in [3.05, 3.63) is 60.2 Å². The van der Waals surface area contributed by atoms with E-state index in [2.05, 4.69) is 36.4 Å². The molecule has 2 rings (SSSR count). The summed E-state index contributed by atoms with van der Waals surface area (Å²) in [6, 6.07) is 18.6. The first kappa shape index (κ1) is 14.5. The van der Waals surface area contributed by atoms with Gasteiger partial charge in [-0.15, -0.1) is 0 Å². The first-order valence-electron chi connectivity index (χ1n) is 6.93. The number of Topliss-reactive ketones (excluding diaryl/α,β-unsaturated/α-hetero) is 1. The number of aliphatic hydroxyl groups is 1. The van der Waals surface area contributed by atoms with Gasteiger partial charge in [0.05, 0.1) is 0 Å². The minimum absolute atomic E-state index is 0.0232. The zero-order chi connectivity index (χ0) is 14.4. The summed E-state index contributed by atoms with van der Waals surface area (Å²) >= 11 is 0. The fourth-order valence-electron chi connectivity index (χ4n) is 2.41. The lowest BCUT2D eigenvalue weighted by Gasteiger charge is -2.12. The molecule has 0 saturated heterocycles. The molecule has 0 bridgehead atoms. The monoisotopic (exact) mass is 268 g/mol. The third-order valence-corrected chi connectivity index (χ3v) is 3.42. The Hall–Kier alpha value is -1.93. The molecule has 1 N–H and O–H groups in total. The Morgan fingerprint density at radius 3 is 2.15 bits per heavy atom. The Labute approximate surface area is 120 Å². The van der Waals surface area contributed by atoms with Gasteiger partial charge in [-0.05, 0) is 36.0 Å². The number of rotatable bonds is 6. The summed E-state index contributed by atoms with van der Waals surface area (Å²) < 4.78 is 0. The van der Waals surface area contributed by atoms with E-state index < -0.39 is 0 Å². The molecule has 0 fully saturated rings. The van der Waals surface area contributed by atoms with Gasteiger partial charge in [-0.3, -0.25) is 0 Å². The number of hydrogen-bond donors (Lipinski definition) is 1. The second kappa shape index (κ2) is 7.01. The van der Waals surface area contributed by atoms with Crippen molar-refractivity contribution in [2.75, 3.05) is 6.61 Å². The molecule has 20 heavy (non-hydrogen) atoms. The SMILES string of the molecule is CC(=O)C[C@@H](CO)Cc1ccc(-c2ccccc2)cc1. The van der Waals surface area contributed by atoms with Crippen molar-refractivity contribution in [1.82, 2.24) is 0 Å². The van der Waals surface area contributed by atoms with Crippen LogP contribution in [-0.2, 0) is 11.2 Å². The summed E-state index contributed by atoms with van der Waals surface area (Å²) in [6.45, 7) is 1.63. The Balaban J connectivity index is 2.06. The Morgan fingerprint density at radius 2 is 1.60 bits per heavy atom. The van der Waals surface area contributed by atoms with Crippen LogP contribution in [0.15, 0.2) is 54.6 Å². The van der Waals surface area contributed by atoms with Gasteiger partial charge in [0.25, 0.3) is 0 Å². The highest BCUT2D eigenvalue weighted by molar-refractivity contribution is 5.75. The molecule has 0 aliphatic heterocycles. The molecule has 0 amide bonds. The molecule has 0 spiro atoms. The van der Waals surface area contributed by atoms with Crippen LogP contribution >= 0.6 is 0 Å². The number of benzene rings is 2. The van der Waals surface area contributed by atoms with Crippen molar-refractivity contribution in [3.63, 3.8) is 0 Å². The van der Waals surface area contributed by atoms with Crippen molar-refractivity contribution < 1.29 is 9.90 Å². The summed E-state index contributed by atoms with van der Waals surface area (Å²) in [5.41, 5.74) is 3.54. The number of hydrogen-bond acceptors (Lipinski definition) is 2. The third kappa shape index (κ3) is 4.04. The third-order valence-electron chi connectivity index (χ3n) is 3.42. The van der Waals surface area contributed by atoms with Crippen molar-refractivity contribution in [2.24, 2.45) is 5.92 Å². The zero-order valence-electron chi connectivity index (χ0n) is 11.8. The molecule has 0 saturated carbocycles. The first-order chi connectivity index (χ1) is 9.69. The smallest absolute Gasteiger partial charge is 0.130 e. The minimum atomic E-state index is 0.0232. The van der Waals surface area contributed by atoms with Crippen LogP contribution in [0.1, 0.15) is 18.9 Å². The molecule has 0 aliphatic carbocycles. The van der Waals surface area contributed by atoms with Crippen LogP contribution in [0, 0.1) is 5.92 Å². The summed E-state index contributed by atoms with van der Waals surface area (Å²) in [4.78, 5) is 11.1. The minimum Gasteiger partial charge on any atom is -0.396 e. The average Bonchev–Trinajstić information content (AvgIpc) is 2.48. The van der Waals surface area contributed by atoms with Gasteiger partial charge in [-0.25, -0.2) is 0 Å². The molecule has 1 atom stereocenters. The quantitative estimate of drug-likeness (QED) is 0.870. The van der Waals surface area contributed by atoms with Crippen molar-refractivity contribution >= 4 is 5.78 Å². The van der Waals surface area contributed by atoms with E-state index in [1.54, 1.807) is 6.92 Å². The van der Waals surface area contributed by atoms with E-state index in [1.807, 2.05) is 18.2 Å². The highest BCUT2D eigenvalue weighted by atomic mass is 16.3. The van der Waals surface area contributed by atoms with Gasteiger partial charge >= 0.3 is 0 Å². The van der Waals surface area contributed by atoms with Gasteiger partial charge in [0.15, 0.2) is 0 Å². The van der Waals surface area contributed by atoms with Crippen LogP contribution < -0.4 is 0 Å². The Morgan fingerprint density at radius 1 is 1.00 bits per heavy atom. The van der Waals surface area contributed by atoms with Crippen molar-refractivity contribution in [2.45, 2.75) is 19.8 Å². The largest absolute Gasteiger partial charge is 0.396 e. The van der Waals surface area contributed by atoms with Crippen LogP contribution in [0.25, 0.3) is 11.1 Å². The molecule has 104 valence electrons. The highest BCUT2D eigenvalue weighted by Gasteiger charge is 2.11. The van der Waals surface area contributed by atoms with Gasteiger partial charge < -0.3 is 9.90 Å². The Bertz CT molecular complexity index is 543. The van der Waals surface area contributed by atoms with E-state index in [4.69, 9.17) is 0 Å². The molecule has 0 heterocycles. The lowest BCUT2D eigenvalue weighted by atomic mass is 9.94. The molecule has 2 aromatic carbocycles. The average molecular weight is 268 g/mol.